The number of ketones is 1. The average Bonchev–Trinajstić information content (AvgIpc) is 1.81. The van der Waals surface area contributed by atoms with E-state index >= 15 is 0 Å². The minimum absolute atomic E-state index is 0.0440. The summed E-state index contributed by atoms with van der Waals surface area (Å²) < 4.78 is 0. The number of Topliss-reactive ketones (excluding diaryl/α,β-unsaturated/α-hetero) is 1. The largest absolute Gasteiger partial charge is 0.310 e. The summed E-state index contributed by atoms with van der Waals surface area (Å²) in [5.41, 5.74) is 1.04. The van der Waals surface area contributed by atoms with Gasteiger partial charge >= 0.3 is 0 Å². The van der Waals surface area contributed by atoms with Crippen LogP contribution in [0.2, 0.25) is 0 Å². The molecule has 0 spiro atoms. The molecule has 0 heterocycles. The zero-order valence-corrected chi connectivity index (χ0v) is 6.90. The van der Waals surface area contributed by atoms with Crippen molar-refractivity contribution in [2.24, 2.45) is 0 Å². The SMILES string of the molecule is C=C(C)C[C@H](NC)C(C)=O. The van der Waals surface area contributed by atoms with E-state index in [1.54, 1.807) is 14.0 Å². The van der Waals surface area contributed by atoms with Crippen molar-refractivity contribution in [2.45, 2.75) is 26.3 Å². The summed E-state index contributed by atoms with van der Waals surface area (Å²) in [6, 6.07) is -0.0440. The second-order valence-corrected chi connectivity index (χ2v) is 2.61. The molecular weight excluding hydrogens is 126 g/mol. The molecule has 10 heavy (non-hydrogen) atoms. The Kier molecular flexibility index (Phi) is 3.96. The van der Waals surface area contributed by atoms with Crippen LogP contribution < -0.4 is 5.32 Å². The molecule has 0 aromatic heterocycles. The number of hydrogen-bond acceptors (Lipinski definition) is 2. The predicted octanol–water partition coefficient (Wildman–Crippen LogP) is 1.13. The summed E-state index contributed by atoms with van der Waals surface area (Å²) in [5, 5.41) is 2.92. The first kappa shape index (κ1) is 9.37. The first-order chi connectivity index (χ1) is 4.57. The van der Waals surface area contributed by atoms with Crippen LogP contribution in [-0.4, -0.2) is 18.9 Å². The average molecular weight is 141 g/mol. The molecule has 2 heteroatoms. The fourth-order valence-corrected chi connectivity index (χ4v) is 0.798. The quantitative estimate of drug-likeness (QED) is 0.595. The van der Waals surface area contributed by atoms with Gasteiger partial charge in [0.1, 0.15) is 5.78 Å². The normalized spacial score (nSPS) is 12.7. The van der Waals surface area contributed by atoms with Crippen molar-refractivity contribution in [1.82, 2.24) is 5.32 Å². The zero-order chi connectivity index (χ0) is 8.15. The molecule has 1 atom stereocenters. The van der Waals surface area contributed by atoms with Gasteiger partial charge in [-0.25, -0.2) is 0 Å². The second-order valence-electron chi connectivity index (χ2n) is 2.61. The highest BCUT2D eigenvalue weighted by molar-refractivity contribution is 5.81. The van der Waals surface area contributed by atoms with Crippen molar-refractivity contribution < 1.29 is 4.79 Å². The Morgan fingerprint density at radius 1 is 1.60 bits per heavy atom. The third-order valence-corrected chi connectivity index (χ3v) is 1.39. The lowest BCUT2D eigenvalue weighted by Crippen LogP contribution is -2.32. The van der Waals surface area contributed by atoms with Gasteiger partial charge in [0.2, 0.25) is 0 Å². The van der Waals surface area contributed by atoms with Gasteiger partial charge in [-0.1, -0.05) is 5.57 Å². The lowest BCUT2D eigenvalue weighted by molar-refractivity contribution is -0.118. The van der Waals surface area contributed by atoms with E-state index in [2.05, 4.69) is 11.9 Å². The predicted molar refractivity (Wildman–Crippen MR) is 43.0 cm³/mol. The van der Waals surface area contributed by atoms with Crippen LogP contribution in [0.3, 0.4) is 0 Å². The fourth-order valence-electron chi connectivity index (χ4n) is 0.798. The van der Waals surface area contributed by atoms with E-state index in [1.165, 1.54) is 0 Å². The van der Waals surface area contributed by atoms with Crippen molar-refractivity contribution in [1.29, 1.82) is 0 Å². The first-order valence-electron chi connectivity index (χ1n) is 3.40. The Hall–Kier alpha value is -0.630. The number of carbonyl (C=O) groups is 1. The molecule has 58 valence electrons. The molecule has 0 rings (SSSR count). The molecule has 0 saturated heterocycles. The van der Waals surface area contributed by atoms with Gasteiger partial charge in [-0.3, -0.25) is 4.79 Å². The van der Waals surface area contributed by atoms with Crippen molar-refractivity contribution in [3.63, 3.8) is 0 Å². The molecule has 1 N–H and O–H groups in total. The molecule has 0 aliphatic rings. The van der Waals surface area contributed by atoms with Crippen LogP contribution in [0.1, 0.15) is 20.3 Å². The van der Waals surface area contributed by atoms with Gasteiger partial charge in [0, 0.05) is 0 Å². The monoisotopic (exact) mass is 141 g/mol. The van der Waals surface area contributed by atoms with Crippen LogP contribution in [0, 0.1) is 0 Å². The lowest BCUT2D eigenvalue weighted by Gasteiger charge is -2.11. The smallest absolute Gasteiger partial charge is 0.146 e. The number of rotatable bonds is 4. The van der Waals surface area contributed by atoms with E-state index < -0.39 is 0 Å². The Balaban J connectivity index is 3.83. The number of nitrogens with one attached hydrogen (secondary N) is 1. The highest BCUT2D eigenvalue weighted by atomic mass is 16.1. The summed E-state index contributed by atoms with van der Waals surface area (Å²) >= 11 is 0. The third kappa shape index (κ3) is 3.41. The van der Waals surface area contributed by atoms with E-state index in [9.17, 15) is 4.79 Å². The summed E-state index contributed by atoms with van der Waals surface area (Å²) in [6.45, 7) is 7.24. The molecule has 0 aromatic carbocycles. The van der Waals surface area contributed by atoms with Crippen molar-refractivity contribution >= 4 is 5.78 Å². The maximum atomic E-state index is 10.8. The van der Waals surface area contributed by atoms with Gasteiger partial charge in [-0.05, 0) is 27.3 Å². The van der Waals surface area contributed by atoms with Crippen molar-refractivity contribution in [3.8, 4) is 0 Å². The van der Waals surface area contributed by atoms with Crippen molar-refractivity contribution in [3.05, 3.63) is 12.2 Å². The van der Waals surface area contributed by atoms with Gasteiger partial charge < -0.3 is 5.32 Å². The minimum atomic E-state index is -0.0440. The highest BCUT2D eigenvalue weighted by Crippen LogP contribution is 2.01. The van der Waals surface area contributed by atoms with E-state index in [4.69, 9.17) is 0 Å². The Bertz CT molecular complexity index is 140. The zero-order valence-electron chi connectivity index (χ0n) is 6.90. The Labute approximate surface area is 62.3 Å². The Morgan fingerprint density at radius 3 is 2.20 bits per heavy atom. The summed E-state index contributed by atoms with van der Waals surface area (Å²) in [7, 11) is 1.79. The maximum Gasteiger partial charge on any atom is 0.146 e. The minimum Gasteiger partial charge on any atom is -0.310 e. The summed E-state index contributed by atoms with van der Waals surface area (Å²) in [5.74, 6) is 0.172. The molecule has 0 saturated carbocycles. The van der Waals surface area contributed by atoms with Crippen LogP contribution >= 0.6 is 0 Å². The van der Waals surface area contributed by atoms with Gasteiger partial charge in [-0.2, -0.15) is 0 Å². The molecule has 0 radical (unpaired) electrons. The lowest BCUT2D eigenvalue weighted by atomic mass is 10.1. The number of hydrogen-bond donors (Lipinski definition) is 1. The van der Waals surface area contributed by atoms with E-state index in [-0.39, 0.29) is 11.8 Å². The molecule has 0 aliphatic carbocycles. The molecule has 0 aliphatic heterocycles. The van der Waals surface area contributed by atoms with E-state index in [0.29, 0.717) is 0 Å². The number of likely N-dealkylation sites (N-methyl/N-ethyl adjacent to an activating group) is 1. The first-order valence-corrected chi connectivity index (χ1v) is 3.40. The Morgan fingerprint density at radius 2 is 2.10 bits per heavy atom. The molecule has 0 aromatic rings. The van der Waals surface area contributed by atoms with Gasteiger partial charge in [-0.15, -0.1) is 6.58 Å². The molecule has 0 bridgehead atoms. The maximum absolute atomic E-state index is 10.8. The molecule has 0 amide bonds. The molecule has 2 nitrogen and oxygen atoms in total. The van der Waals surface area contributed by atoms with Crippen LogP contribution in [0.15, 0.2) is 12.2 Å². The van der Waals surface area contributed by atoms with Crippen LogP contribution in [0.4, 0.5) is 0 Å². The van der Waals surface area contributed by atoms with Crippen molar-refractivity contribution in [2.75, 3.05) is 7.05 Å². The second kappa shape index (κ2) is 4.23. The van der Waals surface area contributed by atoms with Crippen LogP contribution in [0.5, 0.6) is 0 Å². The van der Waals surface area contributed by atoms with Crippen LogP contribution in [0.25, 0.3) is 0 Å². The molecule has 0 unspecified atom stereocenters. The van der Waals surface area contributed by atoms with Gasteiger partial charge in [0.25, 0.3) is 0 Å². The van der Waals surface area contributed by atoms with E-state index in [0.717, 1.165) is 12.0 Å². The topological polar surface area (TPSA) is 29.1 Å². The van der Waals surface area contributed by atoms with Crippen LogP contribution in [-0.2, 0) is 4.79 Å². The summed E-state index contributed by atoms with van der Waals surface area (Å²) in [4.78, 5) is 10.8. The van der Waals surface area contributed by atoms with Gasteiger partial charge in [0.05, 0.1) is 6.04 Å². The molecule has 0 fully saturated rings. The van der Waals surface area contributed by atoms with Gasteiger partial charge in [0.15, 0.2) is 0 Å². The summed E-state index contributed by atoms with van der Waals surface area (Å²) in [6.07, 6.45) is 0.742. The molecular formula is C8H15NO. The third-order valence-electron chi connectivity index (χ3n) is 1.39. The fraction of sp³-hybridized carbons (Fsp3) is 0.625. The number of carbonyl (C=O) groups excluding carboxylic acids is 1. The standard InChI is InChI=1S/C8H15NO/c1-6(2)5-8(9-4)7(3)10/h8-9H,1,5H2,2-4H3/t8-/m0/s1. The van der Waals surface area contributed by atoms with E-state index in [1.807, 2.05) is 6.92 Å². The highest BCUT2D eigenvalue weighted by Gasteiger charge is 2.09.